The highest BCUT2D eigenvalue weighted by Gasteiger charge is 2.46. The van der Waals surface area contributed by atoms with Gasteiger partial charge in [-0.3, -0.25) is 15.0 Å². The Bertz CT molecular complexity index is 750. The molecule has 0 spiro atoms. The van der Waals surface area contributed by atoms with Gasteiger partial charge in [0.15, 0.2) is 11.6 Å². The first-order valence-electron chi connectivity index (χ1n) is 8.92. The van der Waals surface area contributed by atoms with Crippen LogP contribution in [0.3, 0.4) is 0 Å². The fourth-order valence-electron chi connectivity index (χ4n) is 3.88. The van der Waals surface area contributed by atoms with Crippen molar-refractivity contribution in [1.82, 2.24) is 30.3 Å². The van der Waals surface area contributed by atoms with Crippen molar-refractivity contribution in [2.75, 3.05) is 20.2 Å². The van der Waals surface area contributed by atoms with Crippen LogP contribution in [0, 0.1) is 11.8 Å². The number of carbonyl (C=O) groups is 1. The summed E-state index contributed by atoms with van der Waals surface area (Å²) in [7, 11) is 1.64. The molecule has 1 aliphatic heterocycles. The Kier molecular flexibility index (Phi) is 4.29. The van der Waals surface area contributed by atoms with E-state index in [2.05, 4.69) is 25.4 Å². The zero-order valence-electron chi connectivity index (χ0n) is 14.7. The number of nitrogens with zero attached hydrogens (tertiary/aromatic N) is 4. The molecule has 1 saturated carbocycles. The maximum Gasteiger partial charge on any atom is 0.257 e. The SMILES string of the molecule is CCc1[nH]ncc1C(=O)N1C[C@H](c2n[nH]c(COC)n2)[C@@H](C2CC2)C1. The molecule has 0 unspecified atom stereocenters. The van der Waals surface area contributed by atoms with Gasteiger partial charge in [-0.05, 0) is 31.1 Å². The summed E-state index contributed by atoms with van der Waals surface area (Å²) >= 11 is 0. The molecule has 2 aromatic heterocycles. The van der Waals surface area contributed by atoms with Gasteiger partial charge in [0.05, 0.1) is 11.8 Å². The lowest BCUT2D eigenvalue weighted by Gasteiger charge is -2.16. The average Bonchev–Trinajstić information content (AvgIpc) is 3.05. The van der Waals surface area contributed by atoms with Crippen molar-refractivity contribution >= 4 is 5.91 Å². The second-order valence-electron chi connectivity index (χ2n) is 7.01. The number of nitrogens with one attached hydrogen (secondary N) is 2. The Morgan fingerprint density at radius 1 is 1.36 bits per heavy atom. The molecule has 25 heavy (non-hydrogen) atoms. The van der Waals surface area contributed by atoms with Crippen LogP contribution in [0.1, 0.15) is 53.4 Å². The van der Waals surface area contributed by atoms with Crippen LogP contribution in [0.4, 0.5) is 0 Å². The van der Waals surface area contributed by atoms with Gasteiger partial charge in [0.25, 0.3) is 5.91 Å². The fourth-order valence-corrected chi connectivity index (χ4v) is 3.88. The molecule has 0 aromatic carbocycles. The molecule has 2 atom stereocenters. The average molecular weight is 344 g/mol. The van der Waals surface area contributed by atoms with Crippen molar-refractivity contribution in [3.63, 3.8) is 0 Å². The van der Waals surface area contributed by atoms with E-state index in [0.717, 1.165) is 30.3 Å². The number of hydrogen-bond donors (Lipinski definition) is 2. The molecule has 3 heterocycles. The van der Waals surface area contributed by atoms with E-state index in [-0.39, 0.29) is 11.8 Å². The Hall–Kier alpha value is -2.22. The molecular weight excluding hydrogens is 320 g/mol. The van der Waals surface area contributed by atoms with Crippen LogP contribution >= 0.6 is 0 Å². The monoisotopic (exact) mass is 344 g/mol. The molecule has 2 fully saturated rings. The summed E-state index contributed by atoms with van der Waals surface area (Å²) in [4.78, 5) is 19.5. The lowest BCUT2D eigenvalue weighted by molar-refractivity contribution is 0.0783. The van der Waals surface area contributed by atoms with Gasteiger partial charge in [0.1, 0.15) is 6.61 Å². The molecular formula is C17H24N6O2. The number of hydrogen-bond acceptors (Lipinski definition) is 5. The van der Waals surface area contributed by atoms with Crippen LogP contribution < -0.4 is 0 Å². The van der Waals surface area contributed by atoms with E-state index >= 15 is 0 Å². The van der Waals surface area contributed by atoms with Gasteiger partial charge in [-0.2, -0.15) is 10.2 Å². The van der Waals surface area contributed by atoms with Crippen LogP contribution in [0.15, 0.2) is 6.20 Å². The largest absolute Gasteiger partial charge is 0.377 e. The number of rotatable bonds is 6. The zero-order valence-corrected chi connectivity index (χ0v) is 14.7. The standard InChI is InChI=1S/C17H24N6O2/c1-3-14-11(6-18-20-14)17(24)23-7-12(10-4-5-10)13(8-23)16-19-15(9-25-2)21-22-16/h6,10,12-13H,3-5,7-9H2,1-2H3,(H,18,20)(H,19,21,22)/t12-,13+/m1/s1. The van der Waals surface area contributed by atoms with Gasteiger partial charge in [0, 0.05) is 31.8 Å². The third kappa shape index (κ3) is 3.06. The number of aromatic nitrogens is 5. The molecule has 2 N–H and O–H groups in total. The molecule has 2 aromatic rings. The predicted octanol–water partition coefficient (Wildman–Crippen LogP) is 1.50. The van der Waals surface area contributed by atoms with Crippen molar-refractivity contribution in [3.05, 3.63) is 29.1 Å². The Balaban J connectivity index is 1.55. The number of likely N-dealkylation sites (tertiary alicyclic amines) is 1. The first-order chi connectivity index (χ1) is 12.2. The van der Waals surface area contributed by atoms with E-state index in [9.17, 15) is 4.79 Å². The number of aromatic amines is 2. The first-order valence-corrected chi connectivity index (χ1v) is 8.92. The Morgan fingerprint density at radius 2 is 2.20 bits per heavy atom. The number of H-pyrrole nitrogens is 2. The van der Waals surface area contributed by atoms with Crippen molar-refractivity contribution < 1.29 is 9.53 Å². The maximum absolute atomic E-state index is 13.0. The van der Waals surface area contributed by atoms with Crippen molar-refractivity contribution in [1.29, 1.82) is 0 Å². The lowest BCUT2D eigenvalue weighted by atomic mass is 9.91. The lowest BCUT2D eigenvalue weighted by Crippen LogP contribution is -2.29. The molecule has 8 heteroatoms. The van der Waals surface area contributed by atoms with Gasteiger partial charge < -0.3 is 9.64 Å². The van der Waals surface area contributed by atoms with Crippen molar-refractivity contribution in [3.8, 4) is 0 Å². The van der Waals surface area contributed by atoms with Gasteiger partial charge in [-0.25, -0.2) is 4.98 Å². The number of ether oxygens (including phenoxy) is 1. The number of carbonyl (C=O) groups excluding carboxylic acids is 1. The zero-order chi connectivity index (χ0) is 17.4. The highest BCUT2D eigenvalue weighted by atomic mass is 16.5. The van der Waals surface area contributed by atoms with E-state index < -0.39 is 0 Å². The van der Waals surface area contributed by atoms with Crippen LogP contribution in [0.2, 0.25) is 0 Å². The molecule has 0 radical (unpaired) electrons. The predicted molar refractivity (Wildman–Crippen MR) is 89.9 cm³/mol. The molecule has 134 valence electrons. The van der Waals surface area contributed by atoms with E-state index in [1.54, 1.807) is 13.3 Å². The molecule has 8 nitrogen and oxygen atoms in total. The highest BCUT2D eigenvalue weighted by Crippen LogP contribution is 2.47. The number of amides is 1. The first kappa shape index (κ1) is 16.3. The minimum Gasteiger partial charge on any atom is -0.377 e. The second-order valence-corrected chi connectivity index (χ2v) is 7.01. The summed E-state index contributed by atoms with van der Waals surface area (Å²) in [5.74, 6) is 2.91. The summed E-state index contributed by atoms with van der Waals surface area (Å²) in [6.07, 6.45) is 4.89. The summed E-state index contributed by atoms with van der Waals surface area (Å²) in [6.45, 7) is 3.88. The van der Waals surface area contributed by atoms with Crippen molar-refractivity contribution in [2.45, 2.75) is 38.7 Å². The third-order valence-electron chi connectivity index (χ3n) is 5.34. The van der Waals surface area contributed by atoms with Crippen LogP contribution in [-0.2, 0) is 17.8 Å². The second kappa shape index (κ2) is 6.59. The van der Waals surface area contributed by atoms with E-state index in [1.165, 1.54) is 12.8 Å². The molecule has 0 bridgehead atoms. The smallest absolute Gasteiger partial charge is 0.257 e. The van der Waals surface area contributed by atoms with Crippen LogP contribution in [0.5, 0.6) is 0 Å². The minimum atomic E-state index is 0.0615. The topological polar surface area (TPSA) is 99.8 Å². The van der Waals surface area contributed by atoms with E-state index in [1.807, 2.05) is 11.8 Å². The molecule has 2 aliphatic rings. The third-order valence-corrected chi connectivity index (χ3v) is 5.34. The fraction of sp³-hybridized carbons (Fsp3) is 0.647. The molecule has 1 aliphatic carbocycles. The summed E-state index contributed by atoms with van der Waals surface area (Å²) < 4.78 is 5.12. The summed E-state index contributed by atoms with van der Waals surface area (Å²) in [5, 5.41) is 14.3. The van der Waals surface area contributed by atoms with Gasteiger partial charge in [-0.1, -0.05) is 6.92 Å². The molecule has 4 rings (SSSR count). The van der Waals surface area contributed by atoms with E-state index in [0.29, 0.717) is 30.6 Å². The molecule has 1 saturated heterocycles. The van der Waals surface area contributed by atoms with E-state index in [4.69, 9.17) is 4.74 Å². The van der Waals surface area contributed by atoms with Gasteiger partial charge in [-0.15, -0.1) is 0 Å². The van der Waals surface area contributed by atoms with Gasteiger partial charge in [0.2, 0.25) is 0 Å². The highest BCUT2D eigenvalue weighted by molar-refractivity contribution is 5.95. The van der Waals surface area contributed by atoms with Gasteiger partial charge >= 0.3 is 0 Å². The number of aryl methyl sites for hydroxylation is 1. The number of methoxy groups -OCH3 is 1. The summed E-state index contributed by atoms with van der Waals surface area (Å²) in [6, 6.07) is 0. The quantitative estimate of drug-likeness (QED) is 0.827. The summed E-state index contributed by atoms with van der Waals surface area (Å²) in [5.41, 5.74) is 1.59. The Labute approximate surface area is 146 Å². The van der Waals surface area contributed by atoms with Crippen molar-refractivity contribution in [2.24, 2.45) is 11.8 Å². The molecule has 1 amide bonds. The Morgan fingerprint density at radius 3 is 2.92 bits per heavy atom. The maximum atomic E-state index is 13.0. The minimum absolute atomic E-state index is 0.0615. The van der Waals surface area contributed by atoms with Crippen LogP contribution in [0.25, 0.3) is 0 Å². The van der Waals surface area contributed by atoms with Crippen LogP contribution in [-0.4, -0.2) is 56.4 Å². The normalized spacial score (nSPS) is 23.4.